The van der Waals surface area contributed by atoms with Crippen LogP contribution < -0.4 is 14.4 Å². The molecule has 0 atom stereocenters. The van der Waals surface area contributed by atoms with Gasteiger partial charge in [-0.25, -0.2) is 0 Å². The van der Waals surface area contributed by atoms with Gasteiger partial charge in [0.25, 0.3) is 5.91 Å². The van der Waals surface area contributed by atoms with Crippen molar-refractivity contribution in [1.82, 2.24) is 15.1 Å². The summed E-state index contributed by atoms with van der Waals surface area (Å²) >= 11 is 0. The summed E-state index contributed by atoms with van der Waals surface area (Å²) in [6, 6.07) is 9.02. The van der Waals surface area contributed by atoms with Gasteiger partial charge in [0.1, 0.15) is 11.5 Å². The van der Waals surface area contributed by atoms with Gasteiger partial charge in [0.2, 0.25) is 0 Å². The topological polar surface area (TPSA) is 67.8 Å². The van der Waals surface area contributed by atoms with Gasteiger partial charge in [-0.05, 0) is 24.3 Å². The van der Waals surface area contributed by atoms with Crippen molar-refractivity contribution < 1.29 is 14.3 Å². The molecule has 1 aliphatic heterocycles. The monoisotopic (exact) mass is 328 g/mol. The highest BCUT2D eigenvalue weighted by atomic mass is 16.5. The molecule has 0 aliphatic carbocycles. The predicted octanol–water partition coefficient (Wildman–Crippen LogP) is 1.46. The Hall–Kier alpha value is -2.83. The predicted molar refractivity (Wildman–Crippen MR) is 89.7 cm³/mol. The van der Waals surface area contributed by atoms with E-state index in [4.69, 9.17) is 9.47 Å². The van der Waals surface area contributed by atoms with E-state index in [9.17, 15) is 4.79 Å². The van der Waals surface area contributed by atoms with Crippen molar-refractivity contribution in [3.8, 4) is 11.5 Å². The maximum Gasteiger partial charge on any atom is 0.254 e. The van der Waals surface area contributed by atoms with Gasteiger partial charge in [-0.1, -0.05) is 0 Å². The van der Waals surface area contributed by atoms with Crippen LogP contribution in [0.4, 0.5) is 5.82 Å². The maximum atomic E-state index is 12.7. The van der Waals surface area contributed by atoms with Gasteiger partial charge in [-0.2, -0.15) is 5.10 Å². The molecular formula is C17H20N4O3. The largest absolute Gasteiger partial charge is 0.497 e. The van der Waals surface area contributed by atoms with E-state index in [1.807, 2.05) is 17.0 Å². The molecule has 0 radical (unpaired) electrons. The molecule has 1 aromatic carbocycles. The number of aromatic nitrogens is 2. The van der Waals surface area contributed by atoms with E-state index in [1.165, 1.54) is 0 Å². The number of ether oxygens (including phenoxy) is 2. The third-order valence-corrected chi connectivity index (χ3v) is 4.05. The molecule has 1 aromatic heterocycles. The highest BCUT2D eigenvalue weighted by Gasteiger charge is 2.23. The van der Waals surface area contributed by atoms with Gasteiger partial charge >= 0.3 is 0 Å². The van der Waals surface area contributed by atoms with Crippen LogP contribution in [0.25, 0.3) is 0 Å². The van der Waals surface area contributed by atoms with Crippen molar-refractivity contribution in [3.63, 3.8) is 0 Å². The lowest BCUT2D eigenvalue weighted by Crippen LogP contribution is -2.49. The molecule has 24 heavy (non-hydrogen) atoms. The molecule has 7 heteroatoms. The highest BCUT2D eigenvalue weighted by Crippen LogP contribution is 2.24. The van der Waals surface area contributed by atoms with Gasteiger partial charge in [-0.3, -0.25) is 4.79 Å². The average Bonchev–Trinajstić information content (AvgIpc) is 2.67. The zero-order valence-electron chi connectivity index (χ0n) is 13.8. The fourth-order valence-corrected chi connectivity index (χ4v) is 2.71. The van der Waals surface area contributed by atoms with Crippen molar-refractivity contribution in [3.05, 3.63) is 42.1 Å². The first-order valence-electron chi connectivity index (χ1n) is 7.76. The Morgan fingerprint density at radius 1 is 1.04 bits per heavy atom. The highest BCUT2D eigenvalue weighted by molar-refractivity contribution is 5.95. The first kappa shape index (κ1) is 16.0. The van der Waals surface area contributed by atoms with Crippen LogP contribution in [-0.4, -0.2) is 61.4 Å². The minimum atomic E-state index is -0.0222. The lowest BCUT2D eigenvalue weighted by atomic mass is 10.1. The third-order valence-electron chi connectivity index (χ3n) is 4.05. The van der Waals surface area contributed by atoms with E-state index in [0.717, 1.165) is 18.9 Å². The molecule has 1 aliphatic rings. The van der Waals surface area contributed by atoms with Crippen LogP contribution in [-0.2, 0) is 0 Å². The summed E-state index contributed by atoms with van der Waals surface area (Å²) in [4.78, 5) is 16.7. The molecule has 1 fully saturated rings. The van der Waals surface area contributed by atoms with Crippen molar-refractivity contribution in [2.24, 2.45) is 0 Å². The molecule has 2 aromatic rings. The van der Waals surface area contributed by atoms with E-state index in [-0.39, 0.29) is 5.91 Å². The summed E-state index contributed by atoms with van der Waals surface area (Å²) < 4.78 is 10.5. The van der Waals surface area contributed by atoms with Gasteiger partial charge < -0.3 is 19.3 Å². The summed E-state index contributed by atoms with van der Waals surface area (Å²) in [6.45, 7) is 2.72. The standard InChI is InChI=1S/C17H20N4O3/c1-23-14-10-13(11-15(12-14)24-2)17(22)21-8-6-20(7-9-21)16-4-3-5-18-19-16/h3-5,10-12H,6-9H2,1-2H3. The molecule has 0 N–H and O–H groups in total. The second-order valence-electron chi connectivity index (χ2n) is 5.46. The number of anilines is 1. The Balaban J connectivity index is 1.69. The Kier molecular flexibility index (Phi) is 4.79. The van der Waals surface area contributed by atoms with Crippen molar-refractivity contribution in [1.29, 1.82) is 0 Å². The summed E-state index contributed by atoms with van der Waals surface area (Å²) in [6.07, 6.45) is 1.65. The number of amides is 1. The minimum Gasteiger partial charge on any atom is -0.497 e. The second kappa shape index (κ2) is 7.16. The first-order chi connectivity index (χ1) is 11.7. The molecule has 2 heterocycles. The van der Waals surface area contributed by atoms with Crippen LogP contribution in [0.15, 0.2) is 36.5 Å². The molecule has 0 unspecified atom stereocenters. The number of carbonyl (C=O) groups is 1. The Morgan fingerprint density at radius 2 is 1.71 bits per heavy atom. The molecule has 7 nitrogen and oxygen atoms in total. The Morgan fingerprint density at radius 3 is 2.25 bits per heavy atom. The normalized spacial score (nSPS) is 14.4. The minimum absolute atomic E-state index is 0.0222. The lowest BCUT2D eigenvalue weighted by molar-refractivity contribution is 0.0745. The molecule has 1 saturated heterocycles. The van der Waals surface area contributed by atoms with Gasteiger partial charge in [-0.15, -0.1) is 5.10 Å². The van der Waals surface area contributed by atoms with Crippen LogP contribution in [0.3, 0.4) is 0 Å². The van der Waals surface area contributed by atoms with E-state index >= 15 is 0 Å². The van der Waals surface area contributed by atoms with Crippen LogP contribution in [0.5, 0.6) is 11.5 Å². The molecular weight excluding hydrogens is 308 g/mol. The molecule has 1 amide bonds. The van der Waals surface area contributed by atoms with Crippen molar-refractivity contribution in [2.75, 3.05) is 45.3 Å². The van der Waals surface area contributed by atoms with Crippen LogP contribution >= 0.6 is 0 Å². The van der Waals surface area contributed by atoms with E-state index in [0.29, 0.717) is 30.2 Å². The Bertz CT molecular complexity index is 678. The zero-order chi connectivity index (χ0) is 16.9. The first-order valence-corrected chi connectivity index (χ1v) is 7.76. The fraction of sp³-hybridized carbons (Fsp3) is 0.353. The quantitative estimate of drug-likeness (QED) is 0.846. The van der Waals surface area contributed by atoms with Crippen LogP contribution in [0, 0.1) is 0 Å². The van der Waals surface area contributed by atoms with Crippen molar-refractivity contribution >= 4 is 11.7 Å². The molecule has 0 bridgehead atoms. The number of nitrogens with zero attached hydrogens (tertiary/aromatic N) is 4. The fourth-order valence-electron chi connectivity index (χ4n) is 2.71. The maximum absolute atomic E-state index is 12.7. The average molecular weight is 328 g/mol. The summed E-state index contributed by atoms with van der Waals surface area (Å²) in [5.74, 6) is 2.03. The number of carbonyl (C=O) groups excluding carboxylic acids is 1. The number of hydrogen-bond acceptors (Lipinski definition) is 6. The zero-order valence-corrected chi connectivity index (χ0v) is 13.8. The molecule has 0 saturated carbocycles. The number of methoxy groups -OCH3 is 2. The van der Waals surface area contributed by atoms with Gasteiger partial charge in [0.15, 0.2) is 5.82 Å². The van der Waals surface area contributed by atoms with Crippen LogP contribution in [0.1, 0.15) is 10.4 Å². The molecule has 0 spiro atoms. The summed E-state index contributed by atoms with van der Waals surface area (Å²) in [5.41, 5.74) is 0.569. The Labute approximate surface area is 140 Å². The second-order valence-corrected chi connectivity index (χ2v) is 5.46. The number of hydrogen-bond donors (Lipinski definition) is 0. The van der Waals surface area contributed by atoms with Crippen LogP contribution in [0.2, 0.25) is 0 Å². The smallest absolute Gasteiger partial charge is 0.254 e. The summed E-state index contributed by atoms with van der Waals surface area (Å²) in [5, 5.41) is 8.02. The summed E-state index contributed by atoms with van der Waals surface area (Å²) in [7, 11) is 3.14. The van der Waals surface area contributed by atoms with Gasteiger partial charge in [0.05, 0.1) is 14.2 Å². The number of rotatable bonds is 4. The van der Waals surface area contributed by atoms with Crippen molar-refractivity contribution in [2.45, 2.75) is 0 Å². The van der Waals surface area contributed by atoms with E-state index in [2.05, 4.69) is 15.1 Å². The number of piperazine rings is 1. The van der Waals surface area contributed by atoms with Gasteiger partial charge in [0, 0.05) is 44.0 Å². The lowest BCUT2D eigenvalue weighted by Gasteiger charge is -2.35. The third kappa shape index (κ3) is 3.40. The van der Waals surface area contributed by atoms with E-state index < -0.39 is 0 Å². The van der Waals surface area contributed by atoms with E-state index in [1.54, 1.807) is 38.6 Å². The molecule has 126 valence electrons. The SMILES string of the molecule is COc1cc(OC)cc(C(=O)N2CCN(c3cccnn3)CC2)c1. The number of benzene rings is 1. The molecule has 3 rings (SSSR count).